The van der Waals surface area contributed by atoms with Gasteiger partial charge in [-0.3, -0.25) is 5.10 Å². The fraction of sp³-hybridized carbons (Fsp3) is 0.167. The molecule has 1 aromatic carbocycles. The molecule has 2 aromatic rings. The molecule has 0 spiro atoms. The Balaban J connectivity index is 2.03. The van der Waals surface area contributed by atoms with Crippen molar-refractivity contribution in [1.29, 1.82) is 5.26 Å². The second kappa shape index (κ2) is 5.38. The van der Waals surface area contributed by atoms with Gasteiger partial charge in [0.25, 0.3) is 0 Å². The first-order chi connectivity index (χ1) is 8.70. The third kappa shape index (κ3) is 2.70. The van der Waals surface area contributed by atoms with Crippen molar-refractivity contribution in [3.8, 4) is 6.07 Å². The van der Waals surface area contributed by atoms with Crippen LogP contribution in [0.2, 0.25) is 0 Å². The largest absolute Gasteiger partial charge is 0.307 e. The summed E-state index contributed by atoms with van der Waals surface area (Å²) in [5.74, 6) is -1.44. The number of aromatic amines is 1. The van der Waals surface area contributed by atoms with Crippen LogP contribution in [0.15, 0.2) is 24.4 Å². The maximum atomic E-state index is 13.5. The van der Waals surface area contributed by atoms with E-state index < -0.39 is 11.6 Å². The van der Waals surface area contributed by atoms with Crippen molar-refractivity contribution in [2.75, 3.05) is 0 Å². The third-order valence-corrected chi connectivity index (χ3v) is 2.45. The molecule has 0 aliphatic heterocycles. The first-order valence-corrected chi connectivity index (χ1v) is 5.27. The maximum Gasteiger partial charge on any atom is 0.131 e. The predicted octanol–water partition coefficient (Wildman–Crippen LogP) is 1.85. The molecule has 0 unspecified atom stereocenters. The summed E-state index contributed by atoms with van der Waals surface area (Å²) in [6.45, 7) is 0.473. The van der Waals surface area contributed by atoms with Gasteiger partial charge in [-0.25, -0.2) is 8.78 Å². The summed E-state index contributed by atoms with van der Waals surface area (Å²) in [5, 5.41) is 17.9. The maximum absolute atomic E-state index is 13.5. The number of nitrogens with zero attached hydrogens (tertiary/aromatic N) is 2. The van der Waals surface area contributed by atoms with E-state index in [0.717, 1.165) is 17.8 Å². The van der Waals surface area contributed by atoms with E-state index in [4.69, 9.17) is 5.26 Å². The van der Waals surface area contributed by atoms with E-state index >= 15 is 0 Å². The highest BCUT2D eigenvalue weighted by atomic mass is 19.1. The molecule has 0 aliphatic rings. The van der Waals surface area contributed by atoms with Gasteiger partial charge < -0.3 is 5.32 Å². The second-order valence-corrected chi connectivity index (χ2v) is 3.72. The number of nitrogens with one attached hydrogen (secondary N) is 2. The standard InChI is InChI=1S/C12H10F2N4/c13-11-3-8(5-15)4-12(14)10(11)7-16-6-9-1-2-17-18-9/h1-4,16H,6-7H2,(H,17,18). The van der Waals surface area contributed by atoms with Crippen molar-refractivity contribution in [2.24, 2.45) is 0 Å². The molecular formula is C12H10F2N4. The van der Waals surface area contributed by atoms with Crippen LogP contribution in [0.5, 0.6) is 0 Å². The highest BCUT2D eigenvalue weighted by Gasteiger charge is 2.10. The Labute approximate surface area is 102 Å². The van der Waals surface area contributed by atoms with Crippen LogP contribution < -0.4 is 5.32 Å². The van der Waals surface area contributed by atoms with E-state index in [-0.39, 0.29) is 17.7 Å². The minimum Gasteiger partial charge on any atom is -0.307 e. The SMILES string of the molecule is N#Cc1cc(F)c(CNCc2ccn[nH]2)c(F)c1. The number of rotatable bonds is 4. The van der Waals surface area contributed by atoms with Crippen LogP contribution >= 0.6 is 0 Å². The molecule has 4 nitrogen and oxygen atoms in total. The second-order valence-electron chi connectivity index (χ2n) is 3.72. The molecule has 0 amide bonds. The van der Waals surface area contributed by atoms with Gasteiger partial charge in [0, 0.05) is 30.5 Å². The van der Waals surface area contributed by atoms with Gasteiger partial charge in [-0.05, 0) is 18.2 Å². The topological polar surface area (TPSA) is 64.5 Å². The van der Waals surface area contributed by atoms with Crippen LogP contribution in [0, 0.1) is 23.0 Å². The lowest BCUT2D eigenvalue weighted by atomic mass is 10.1. The Kier molecular flexibility index (Phi) is 3.65. The van der Waals surface area contributed by atoms with E-state index in [9.17, 15) is 8.78 Å². The molecule has 0 bridgehead atoms. The minimum absolute atomic E-state index is 0.0256. The molecule has 2 rings (SSSR count). The summed E-state index contributed by atoms with van der Waals surface area (Å²) in [6, 6.07) is 5.51. The Hall–Kier alpha value is -2.26. The summed E-state index contributed by atoms with van der Waals surface area (Å²) >= 11 is 0. The van der Waals surface area contributed by atoms with Gasteiger partial charge in [-0.15, -0.1) is 0 Å². The van der Waals surface area contributed by atoms with E-state index in [1.807, 2.05) is 0 Å². The minimum atomic E-state index is -0.719. The molecule has 0 aliphatic carbocycles. The number of hydrogen-bond donors (Lipinski definition) is 2. The summed E-state index contributed by atoms with van der Waals surface area (Å²) < 4.78 is 27.0. The van der Waals surface area contributed by atoms with E-state index in [0.29, 0.717) is 6.54 Å². The van der Waals surface area contributed by atoms with Crippen LogP contribution in [0.3, 0.4) is 0 Å². The fourth-order valence-electron chi connectivity index (χ4n) is 1.54. The van der Waals surface area contributed by atoms with Crippen LogP contribution in [0.25, 0.3) is 0 Å². The number of aromatic nitrogens is 2. The van der Waals surface area contributed by atoms with Crippen molar-refractivity contribution in [3.05, 3.63) is 52.9 Å². The van der Waals surface area contributed by atoms with Crippen LogP contribution in [-0.2, 0) is 13.1 Å². The normalized spacial score (nSPS) is 10.3. The lowest BCUT2D eigenvalue weighted by Gasteiger charge is -2.06. The molecule has 0 saturated carbocycles. The zero-order valence-electron chi connectivity index (χ0n) is 9.37. The molecule has 0 fully saturated rings. The summed E-state index contributed by atoms with van der Waals surface area (Å²) in [5.41, 5.74) is 0.722. The predicted molar refractivity (Wildman–Crippen MR) is 60.2 cm³/mol. The molecule has 0 radical (unpaired) electrons. The van der Waals surface area contributed by atoms with Gasteiger partial charge in [0.05, 0.1) is 11.6 Å². The van der Waals surface area contributed by atoms with Gasteiger partial charge in [0.2, 0.25) is 0 Å². The van der Waals surface area contributed by atoms with Gasteiger partial charge in [0.1, 0.15) is 11.6 Å². The third-order valence-electron chi connectivity index (χ3n) is 2.45. The zero-order valence-corrected chi connectivity index (χ0v) is 9.37. The smallest absolute Gasteiger partial charge is 0.131 e. The average molecular weight is 248 g/mol. The van der Waals surface area contributed by atoms with E-state index in [2.05, 4.69) is 15.5 Å². The monoisotopic (exact) mass is 248 g/mol. The first-order valence-electron chi connectivity index (χ1n) is 5.27. The molecule has 2 N–H and O–H groups in total. The Bertz CT molecular complexity index is 549. The Morgan fingerprint density at radius 2 is 2.00 bits per heavy atom. The molecule has 92 valence electrons. The zero-order chi connectivity index (χ0) is 13.0. The van der Waals surface area contributed by atoms with Crippen molar-refractivity contribution in [2.45, 2.75) is 13.1 Å². The highest BCUT2D eigenvalue weighted by molar-refractivity contribution is 5.34. The van der Waals surface area contributed by atoms with Crippen molar-refractivity contribution in [1.82, 2.24) is 15.5 Å². The quantitative estimate of drug-likeness (QED) is 0.867. The molecule has 0 atom stereocenters. The number of nitriles is 1. The van der Waals surface area contributed by atoms with Gasteiger partial charge in [-0.2, -0.15) is 10.4 Å². The summed E-state index contributed by atoms with van der Waals surface area (Å²) in [6.07, 6.45) is 1.60. The van der Waals surface area contributed by atoms with Crippen molar-refractivity contribution >= 4 is 0 Å². The van der Waals surface area contributed by atoms with Crippen molar-refractivity contribution < 1.29 is 8.78 Å². The molecular weight excluding hydrogens is 238 g/mol. The van der Waals surface area contributed by atoms with Crippen molar-refractivity contribution in [3.63, 3.8) is 0 Å². The lowest BCUT2D eigenvalue weighted by Crippen LogP contribution is -2.15. The Morgan fingerprint density at radius 1 is 1.28 bits per heavy atom. The van der Waals surface area contributed by atoms with Gasteiger partial charge in [0.15, 0.2) is 0 Å². The van der Waals surface area contributed by atoms with E-state index in [1.165, 1.54) is 0 Å². The number of hydrogen-bond acceptors (Lipinski definition) is 3. The van der Waals surface area contributed by atoms with Gasteiger partial charge >= 0.3 is 0 Å². The number of halogens is 2. The van der Waals surface area contributed by atoms with Crippen LogP contribution in [0.1, 0.15) is 16.8 Å². The van der Waals surface area contributed by atoms with E-state index in [1.54, 1.807) is 18.3 Å². The first kappa shape index (κ1) is 12.2. The summed E-state index contributed by atoms with van der Waals surface area (Å²) in [7, 11) is 0. The van der Waals surface area contributed by atoms with Gasteiger partial charge in [-0.1, -0.05) is 0 Å². The molecule has 6 heteroatoms. The van der Waals surface area contributed by atoms with Crippen LogP contribution in [0.4, 0.5) is 8.78 Å². The molecule has 18 heavy (non-hydrogen) atoms. The van der Waals surface area contributed by atoms with Crippen LogP contribution in [-0.4, -0.2) is 10.2 Å². The molecule has 0 saturated heterocycles. The number of H-pyrrole nitrogens is 1. The molecule has 1 aromatic heterocycles. The lowest BCUT2D eigenvalue weighted by molar-refractivity contribution is 0.533. The average Bonchev–Trinajstić information content (AvgIpc) is 2.85. The Morgan fingerprint density at radius 3 is 2.56 bits per heavy atom. The summed E-state index contributed by atoms with van der Waals surface area (Å²) in [4.78, 5) is 0. The number of benzene rings is 1. The highest BCUT2D eigenvalue weighted by Crippen LogP contribution is 2.15. The fourth-order valence-corrected chi connectivity index (χ4v) is 1.54. The molecule has 1 heterocycles.